The van der Waals surface area contributed by atoms with Gasteiger partial charge in [0.15, 0.2) is 5.78 Å². The first kappa shape index (κ1) is 11.5. The van der Waals surface area contributed by atoms with E-state index in [0.29, 0.717) is 0 Å². The molecule has 2 rings (SSSR count). The van der Waals surface area contributed by atoms with E-state index < -0.39 is 5.97 Å². The van der Waals surface area contributed by atoms with Gasteiger partial charge < -0.3 is 5.11 Å². The van der Waals surface area contributed by atoms with Crippen LogP contribution < -0.4 is 0 Å². The van der Waals surface area contributed by atoms with Crippen LogP contribution in [0, 0.1) is 0 Å². The minimum absolute atomic E-state index is 0.0435. The van der Waals surface area contributed by atoms with Crippen molar-refractivity contribution in [3.63, 3.8) is 0 Å². The highest BCUT2D eigenvalue weighted by atomic mass is 32.1. The molecule has 0 saturated heterocycles. The number of hydrogen-bond acceptors (Lipinski definition) is 4. The lowest BCUT2D eigenvalue weighted by atomic mass is 10.0. The number of aromatic nitrogens is 1. The Labute approximate surface area is 102 Å². The van der Waals surface area contributed by atoms with Gasteiger partial charge in [-0.15, -0.1) is 11.3 Å². The first-order valence-corrected chi connectivity index (χ1v) is 5.79. The summed E-state index contributed by atoms with van der Waals surface area (Å²) in [6, 6.07) is 6.23. The Morgan fingerprint density at radius 3 is 2.53 bits per heavy atom. The third-order valence-corrected chi connectivity index (χ3v) is 3.06. The molecule has 1 N–H and O–H groups in total. The summed E-state index contributed by atoms with van der Waals surface area (Å²) in [7, 11) is 0. The molecule has 2 aromatic rings. The fourth-order valence-electron chi connectivity index (χ4n) is 1.50. The van der Waals surface area contributed by atoms with E-state index >= 15 is 0 Å². The van der Waals surface area contributed by atoms with E-state index in [1.165, 1.54) is 23.5 Å². The minimum Gasteiger partial charge on any atom is -0.478 e. The van der Waals surface area contributed by atoms with E-state index in [1.54, 1.807) is 23.8 Å². The second kappa shape index (κ2) is 4.88. The number of thiazole rings is 1. The van der Waals surface area contributed by atoms with E-state index in [2.05, 4.69) is 4.98 Å². The van der Waals surface area contributed by atoms with Crippen molar-refractivity contribution in [2.24, 2.45) is 0 Å². The van der Waals surface area contributed by atoms with Gasteiger partial charge in [0.25, 0.3) is 0 Å². The quantitative estimate of drug-likeness (QED) is 0.841. The first-order valence-electron chi connectivity index (χ1n) is 4.91. The van der Waals surface area contributed by atoms with Crippen molar-refractivity contribution in [2.75, 3.05) is 0 Å². The number of carboxylic acids is 1. The third kappa shape index (κ3) is 2.57. The molecule has 0 spiro atoms. The Bertz CT molecular complexity index is 549. The van der Waals surface area contributed by atoms with Crippen LogP contribution in [-0.2, 0) is 6.42 Å². The van der Waals surface area contributed by atoms with Crippen LogP contribution in [0.5, 0.6) is 0 Å². The van der Waals surface area contributed by atoms with Crippen molar-refractivity contribution in [2.45, 2.75) is 6.42 Å². The summed E-state index contributed by atoms with van der Waals surface area (Å²) in [5.74, 6) is -1.29. The summed E-state index contributed by atoms with van der Waals surface area (Å²) in [6.45, 7) is 0. The Hall–Kier alpha value is -2.01. The Morgan fingerprint density at radius 2 is 1.94 bits per heavy atom. The molecule has 0 amide bonds. The van der Waals surface area contributed by atoms with Crippen LogP contribution in [0.2, 0.25) is 0 Å². The van der Waals surface area contributed by atoms with Gasteiger partial charge in [0, 0.05) is 23.1 Å². The summed E-state index contributed by atoms with van der Waals surface area (Å²) >= 11 is 1.38. The number of carbonyl (C=O) groups excluding carboxylic acids is 1. The predicted molar refractivity (Wildman–Crippen MR) is 63.5 cm³/mol. The maximum Gasteiger partial charge on any atom is 0.336 e. The lowest BCUT2D eigenvalue weighted by Crippen LogP contribution is -2.10. The summed E-state index contributed by atoms with van der Waals surface area (Å²) in [5.41, 5.74) is 1.93. The number of carbonyl (C=O) groups is 2. The van der Waals surface area contributed by atoms with Crippen molar-refractivity contribution in [3.05, 3.63) is 52.0 Å². The van der Waals surface area contributed by atoms with Gasteiger partial charge in [0.2, 0.25) is 0 Å². The standard InChI is InChI=1S/C12H9NO3S/c14-11(5-8-6-13-7-17-8)9-3-1-2-4-10(9)12(15)16/h1-4,6-7H,5H2,(H,15,16). The van der Waals surface area contributed by atoms with Crippen molar-refractivity contribution < 1.29 is 14.7 Å². The van der Waals surface area contributed by atoms with Gasteiger partial charge in [-0.2, -0.15) is 0 Å². The van der Waals surface area contributed by atoms with Gasteiger partial charge in [-0.1, -0.05) is 18.2 Å². The van der Waals surface area contributed by atoms with Crippen LogP contribution in [0.1, 0.15) is 25.6 Å². The normalized spacial score (nSPS) is 10.1. The van der Waals surface area contributed by atoms with Crippen LogP contribution in [0.25, 0.3) is 0 Å². The number of carboxylic acid groups (broad SMARTS) is 1. The number of rotatable bonds is 4. The lowest BCUT2D eigenvalue weighted by Gasteiger charge is -2.03. The highest BCUT2D eigenvalue weighted by molar-refractivity contribution is 7.09. The summed E-state index contributed by atoms with van der Waals surface area (Å²) < 4.78 is 0. The largest absolute Gasteiger partial charge is 0.478 e. The van der Waals surface area contributed by atoms with Crippen LogP contribution in [0.15, 0.2) is 36.0 Å². The average Bonchev–Trinajstić information content (AvgIpc) is 2.81. The van der Waals surface area contributed by atoms with Crippen LogP contribution in [0.4, 0.5) is 0 Å². The smallest absolute Gasteiger partial charge is 0.336 e. The van der Waals surface area contributed by atoms with Crippen molar-refractivity contribution in [3.8, 4) is 0 Å². The maximum atomic E-state index is 12.0. The fraction of sp³-hybridized carbons (Fsp3) is 0.0833. The zero-order valence-corrected chi connectivity index (χ0v) is 9.61. The molecular formula is C12H9NO3S. The van der Waals surface area contributed by atoms with Gasteiger partial charge in [-0.05, 0) is 6.07 Å². The average molecular weight is 247 g/mol. The number of aromatic carboxylic acids is 1. The van der Waals surface area contributed by atoms with Gasteiger partial charge in [0.05, 0.1) is 11.1 Å². The second-order valence-electron chi connectivity index (χ2n) is 3.42. The monoisotopic (exact) mass is 247 g/mol. The molecule has 0 saturated carbocycles. The molecule has 0 fully saturated rings. The van der Waals surface area contributed by atoms with Crippen LogP contribution in [-0.4, -0.2) is 21.8 Å². The fourth-order valence-corrected chi connectivity index (χ4v) is 2.09. The predicted octanol–water partition coefficient (Wildman–Crippen LogP) is 2.27. The maximum absolute atomic E-state index is 12.0. The number of ketones is 1. The Morgan fingerprint density at radius 1 is 1.24 bits per heavy atom. The molecule has 1 heterocycles. The highest BCUT2D eigenvalue weighted by Crippen LogP contribution is 2.14. The van der Waals surface area contributed by atoms with Crippen LogP contribution >= 0.6 is 11.3 Å². The van der Waals surface area contributed by atoms with E-state index in [-0.39, 0.29) is 23.3 Å². The Kier molecular flexibility index (Phi) is 3.30. The molecule has 0 aliphatic carbocycles. The minimum atomic E-state index is -1.08. The lowest BCUT2D eigenvalue weighted by molar-refractivity contribution is 0.0692. The molecule has 0 radical (unpaired) electrons. The third-order valence-electron chi connectivity index (χ3n) is 2.28. The molecule has 1 aromatic heterocycles. The van der Waals surface area contributed by atoms with E-state index in [1.807, 2.05) is 0 Å². The molecule has 17 heavy (non-hydrogen) atoms. The van der Waals surface area contributed by atoms with E-state index in [0.717, 1.165) is 4.88 Å². The summed E-state index contributed by atoms with van der Waals surface area (Å²) in [4.78, 5) is 27.6. The van der Waals surface area contributed by atoms with Crippen molar-refractivity contribution in [1.82, 2.24) is 4.98 Å². The highest BCUT2D eigenvalue weighted by Gasteiger charge is 2.16. The molecule has 1 aromatic carbocycles. The molecule has 0 aliphatic rings. The summed E-state index contributed by atoms with van der Waals surface area (Å²) in [6.07, 6.45) is 1.81. The SMILES string of the molecule is O=C(O)c1ccccc1C(=O)Cc1cncs1. The Balaban J connectivity index is 2.28. The van der Waals surface area contributed by atoms with Gasteiger partial charge in [0.1, 0.15) is 0 Å². The second-order valence-corrected chi connectivity index (χ2v) is 4.39. The molecule has 86 valence electrons. The van der Waals surface area contributed by atoms with Gasteiger partial charge >= 0.3 is 5.97 Å². The van der Waals surface area contributed by atoms with E-state index in [4.69, 9.17) is 5.11 Å². The van der Waals surface area contributed by atoms with E-state index in [9.17, 15) is 9.59 Å². The van der Waals surface area contributed by atoms with Gasteiger partial charge in [-0.3, -0.25) is 9.78 Å². The molecule has 5 heteroatoms. The van der Waals surface area contributed by atoms with Gasteiger partial charge in [-0.25, -0.2) is 4.79 Å². The molecule has 0 aliphatic heterocycles. The zero-order chi connectivity index (χ0) is 12.3. The first-order chi connectivity index (χ1) is 8.18. The number of hydrogen-bond donors (Lipinski definition) is 1. The molecule has 4 nitrogen and oxygen atoms in total. The van der Waals surface area contributed by atoms with Crippen LogP contribution in [0.3, 0.4) is 0 Å². The zero-order valence-electron chi connectivity index (χ0n) is 8.79. The molecule has 0 unspecified atom stereocenters. The topological polar surface area (TPSA) is 67.3 Å². The molecule has 0 atom stereocenters. The van der Waals surface area contributed by atoms with Crippen molar-refractivity contribution in [1.29, 1.82) is 0 Å². The molecule has 0 bridgehead atoms. The number of nitrogens with zero attached hydrogens (tertiary/aromatic N) is 1. The molecular weight excluding hydrogens is 238 g/mol. The number of Topliss-reactive ketones (excluding diaryl/α,β-unsaturated/α-hetero) is 1. The van der Waals surface area contributed by atoms with Crippen molar-refractivity contribution >= 4 is 23.1 Å². The number of benzene rings is 1. The summed E-state index contributed by atoms with van der Waals surface area (Å²) in [5, 5.41) is 8.98.